The molecule has 10 heteroatoms. The zero-order valence-electron chi connectivity index (χ0n) is 14.9. The maximum atomic E-state index is 13.7. The molecule has 0 unspecified atom stereocenters. The first-order valence-electron chi connectivity index (χ1n) is 8.41. The summed E-state index contributed by atoms with van der Waals surface area (Å²) in [4.78, 5) is 14.0. The minimum absolute atomic E-state index is 0.110. The predicted octanol–water partition coefficient (Wildman–Crippen LogP) is 3.61. The monoisotopic (exact) mass is 425 g/mol. The zero-order valence-corrected chi connectivity index (χ0v) is 16.5. The van der Waals surface area contributed by atoms with E-state index in [1.165, 1.54) is 6.07 Å². The number of thioether (sulfide) groups is 1. The van der Waals surface area contributed by atoms with Gasteiger partial charge >= 0.3 is 0 Å². The van der Waals surface area contributed by atoms with Crippen LogP contribution in [0.15, 0.2) is 51.8 Å². The normalized spacial score (nSPS) is 15.0. The molecule has 0 spiro atoms. The number of nitrogens with one attached hydrogen (secondary N) is 1. The quantitative estimate of drug-likeness (QED) is 0.792. The molecule has 1 aliphatic heterocycles. The highest BCUT2D eigenvalue weighted by Crippen LogP contribution is 2.34. The highest BCUT2D eigenvalue weighted by atomic mass is 32.2. The fourth-order valence-electron chi connectivity index (χ4n) is 2.66. The molecule has 1 amide bonds. The van der Waals surface area contributed by atoms with Gasteiger partial charge in [-0.1, -0.05) is 30.8 Å². The molecule has 0 saturated heterocycles. The molecule has 0 aliphatic carbocycles. The second kappa shape index (κ2) is 8.27. The number of amides is 1. The van der Waals surface area contributed by atoms with E-state index in [4.69, 9.17) is 0 Å². The van der Waals surface area contributed by atoms with Crippen LogP contribution >= 0.6 is 11.8 Å². The standard InChI is InChI=1S/C18H17F2N3O3S2/c1-2-9-23-15-5-3-4-6-16(15)28(25,26)22-18(23)27-11-17(24)21-14-10-12(19)7-8-13(14)20/h3-8,10H,2,9,11H2,1H3,(H,21,24). The number of benzene rings is 2. The van der Waals surface area contributed by atoms with E-state index in [0.717, 1.165) is 36.4 Å². The maximum absolute atomic E-state index is 13.7. The first-order valence-corrected chi connectivity index (χ1v) is 10.8. The number of para-hydroxylation sites is 1. The third-order valence-corrected chi connectivity index (χ3v) is 6.25. The lowest BCUT2D eigenvalue weighted by Gasteiger charge is -2.29. The van der Waals surface area contributed by atoms with Crippen molar-refractivity contribution in [3.63, 3.8) is 0 Å². The summed E-state index contributed by atoms with van der Waals surface area (Å²) in [6.07, 6.45) is 0.731. The molecule has 2 aromatic carbocycles. The van der Waals surface area contributed by atoms with Crippen molar-refractivity contribution in [3.05, 3.63) is 54.1 Å². The Balaban J connectivity index is 1.78. The third kappa shape index (κ3) is 4.33. The summed E-state index contributed by atoms with van der Waals surface area (Å²) >= 11 is 0.917. The summed E-state index contributed by atoms with van der Waals surface area (Å²) in [5.74, 6) is -2.27. The van der Waals surface area contributed by atoms with Crippen molar-refractivity contribution in [2.75, 3.05) is 22.5 Å². The van der Waals surface area contributed by atoms with E-state index in [1.54, 1.807) is 23.1 Å². The van der Waals surface area contributed by atoms with Crippen LogP contribution in [-0.4, -0.2) is 31.8 Å². The van der Waals surface area contributed by atoms with Gasteiger partial charge in [-0.05, 0) is 30.7 Å². The number of nitrogens with zero attached hydrogens (tertiary/aromatic N) is 2. The Hall–Kier alpha value is -2.46. The van der Waals surface area contributed by atoms with Crippen molar-refractivity contribution in [2.24, 2.45) is 4.40 Å². The van der Waals surface area contributed by atoms with E-state index in [9.17, 15) is 22.0 Å². The second-order valence-corrected chi connectivity index (χ2v) is 8.44. The lowest BCUT2D eigenvalue weighted by Crippen LogP contribution is -2.35. The molecule has 0 aromatic heterocycles. The maximum Gasteiger partial charge on any atom is 0.286 e. The van der Waals surface area contributed by atoms with Gasteiger partial charge in [-0.25, -0.2) is 8.78 Å². The van der Waals surface area contributed by atoms with Crippen LogP contribution in [0.25, 0.3) is 0 Å². The van der Waals surface area contributed by atoms with Gasteiger partial charge in [-0.15, -0.1) is 4.40 Å². The van der Waals surface area contributed by atoms with Crippen LogP contribution in [0.3, 0.4) is 0 Å². The molecule has 148 valence electrons. The van der Waals surface area contributed by atoms with E-state index in [0.29, 0.717) is 12.2 Å². The number of sulfonamides is 1. The molecule has 28 heavy (non-hydrogen) atoms. The summed E-state index contributed by atoms with van der Waals surface area (Å²) < 4.78 is 55.6. The van der Waals surface area contributed by atoms with Crippen LogP contribution in [0.1, 0.15) is 13.3 Å². The van der Waals surface area contributed by atoms with E-state index in [2.05, 4.69) is 9.71 Å². The Bertz CT molecular complexity index is 1040. The zero-order chi connectivity index (χ0) is 20.3. The lowest BCUT2D eigenvalue weighted by atomic mass is 10.3. The highest BCUT2D eigenvalue weighted by Gasteiger charge is 2.30. The van der Waals surface area contributed by atoms with Crippen molar-refractivity contribution < 1.29 is 22.0 Å². The first kappa shape index (κ1) is 20.3. The molecule has 0 atom stereocenters. The van der Waals surface area contributed by atoms with Gasteiger partial charge in [0.1, 0.15) is 16.5 Å². The predicted molar refractivity (Wildman–Crippen MR) is 106 cm³/mol. The molecule has 0 bridgehead atoms. The number of amidine groups is 1. The van der Waals surface area contributed by atoms with Gasteiger partial charge < -0.3 is 10.2 Å². The van der Waals surface area contributed by atoms with E-state index in [1.807, 2.05) is 6.92 Å². The SMILES string of the molecule is CCCN1C(SCC(=O)Nc2cc(F)ccc2F)=NS(=O)(=O)c2ccccc21. The van der Waals surface area contributed by atoms with Crippen LogP contribution in [-0.2, 0) is 14.8 Å². The molecule has 1 heterocycles. The van der Waals surface area contributed by atoms with Gasteiger partial charge in [0, 0.05) is 12.6 Å². The largest absolute Gasteiger partial charge is 0.323 e. The Morgan fingerprint density at radius 3 is 2.71 bits per heavy atom. The molecule has 0 saturated carbocycles. The molecule has 3 rings (SSSR count). The fourth-order valence-corrected chi connectivity index (χ4v) is 4.93. The average Bonchev–Trinajstić information content (AvgIpc) is 2.65. The first-order chi connectivity index (χ1) is 13.3. The Morgan fingerprint density at radius 1 is 1.21 bits per heavy atom. The van der Waals surface area contributed by atoms with Gasteiger partial charge in [0.15, 0.2) is 5.17 Å². The number of fused-ring (bicyclic) bond motifs is 1. The van der Waals surface area contributed by atoms with Crippen molar-refractivity contribution >= 4 is 44.2 Å². The average molecular weight is 425 g/mol. The topological polar surface area (TPSA) is 78.8 Å². The number of hydrogen-bond donors (Lipinski definition) is 1. The van der Waals surface area contributed by atoms with Crippen molar-refractivity contribution in [3.8, 4) is 0 Å². The van der Waals surface area contributed by atoms with Crippen LogP contribution in [0, 0.1) is 11.6 Å². The van der Waals surface area contributed by atoms with E-state index in [-0.39, 0.29) is 21.5 Å². The van der Waals surface area contributed by atoms with Gasteiger partial charge in [0.05, 0.1) is 17.1 Å². The molecular formula is C18H17F2N3O3S2. The summed E-state index contributed by atoms with van der Waals surface area (Å²) in [5.41, 5.74) is 0.220. The van der Waals surface area contributed by atoms with E-state index >= 15 is 0 Å². The summed E-state index contributed by atoms with van der Waals surface area (Å²) in [6, 6.07) is 9.24. The number of rotatable bonds is 5. The molecule has 2 aromatic rings. The van der Waals surface area contributed by atoms with Gasteiger partial charge in [-0.2, -0.15) is 8.42 Å². The highest BCUT2D eigenvalue weighted by molar-refractivity contribution is 8.15. The number of hydrogen-bond acceptors (Lipinski definition) is 5. The lowest BCUT2D eigenvalue weighted by molar-refractivity contribution is -0.113. The molecule has 1 N–H and O–H groups in total. The van der Waals surface area contributed by atoms with Gasteiger partial charge in [-0.3, -0.25) is 4.79 Å². The number of anilines is 2. The molecule has 0 fully saturated rings. The Labute approximate surface area is 165 Å². The molecular weight excluding hydrogens is 408 g/mol. The van der Waals surface area contributed by atoms with Crippen molar-refractivity contribution in [1.29, 1.82) is 0 Å². The van der Waals surface area contributed by atoms with Crippen LogP contribution in [0.5, 0.6) is 0 Å². The van der Waals surface area contributed by atoms with Crippen LogP contribution in [0.2, 0.25) is 0 Å². The number of halogens is 2. The number of carbonyl (C=O) groups excluding carboxylic acids is 1. The fraction of sp³-hybridized carbons (Fsp3) is 0.222. The Morgan fingerprint density at radius 2 is 1.96 bits per heavy atom. The minimum Gasteiger partial charge on any atom is -0.323 e. The number of carbonyl (C=O) groups is 1. The molecule has 1 aliphatic rings. The van der Waals surface area contributed by atoms with Crippen molar-refractivity contribution in [2.45, 2.75) is 18.2 Å². The van der Waals surface area contributed by atoms with Gasteiger partial charge in [0.25, 0.3) is 10.0 Å². The Kier molecular flexibility index (Phi) is 5.99. The second-order valence-electron chi connectivity index (χ2n) is 5.93. The smallest absolute Gasteiger partial charge is 0.286 e. The molecule has 6 nitrogen and oxygen atoms in total. The minimum atomic E-state index is -3.88. The molecule has 0 radical (unpaired) electrons. The van der Waals surface area contributed by atoms with Crippen molar-refractivity contribution in [1.82, 2.24) is 0 Å². The third-order valence-electron chi connectivity index (χ3n) is 3.85. The van der Waals surface area contributed by atoms with Gasteiger partial charge in [0.2, 0.25) is 5.91 Å². The summed E-state index contributed by atoms with van der Waals surface area (Å²) in [6.45, 7) is 2.45. The van der Waals surface area contributed by atoms with Crippen LogP contribution < -0.4 is 10.2 Å². The summed E-state index contributed by atoms with van der Waals surface area (Å²) in [5, 5.41) is 2.44. The summed E-state index contributed by atoms with van der Waals surface area (Å²) in [7, 11) is -3.88. The van der Waals surface area contributed by atoms with E-state index < -0.39 is 27.6 Å². The van der Waals surface area contributed by atoms with Crippen LogP contribution in [0.4, 0.5) is 20.2 Å².